The Bertz CT molecular complexity index is 737. The number of anilines is 1. The van der Waals surface area contributed by atoms with E-state index in [4.69, 9.17) is 11.6 Å². The molecule has 0 radical (unpaired) electrons. The maximum Gasteiger partial charge on any atom is 0.139 e. The van der Waals surface area contributed by atoms with Gasteiger partial charge in [-0.2, -0.15) is 0 Å². The maximum absolute atomic E-state index is 10.3. The number of hydrogen-bond donors (Lipinski definition) is 1. The second-order valence-corrected chi connectivity index (χ2v) is 5.35. The first-order valence-electron chi connectivity index (χ1n) is 6.71. The van der Waals surface area contributed by atoms with Gasteiger partial charge in [-0.05, 0) is 43.3 Å². The minimum Gasteiger partial charge on any atom is -0.506 e. The lowest BCUT2D eigenvalue weighted by atomic mass is 10.1. The van der Waals surface area contributed by atoms with Crippen LogP contribution in [0.4, 0.5) is 5.69 Å². The summed E-state index contributed by atoms with van der Waals surface area (Å²) in [5.41, 5.74) is 3.56. The minimum atomic E-state index is 0.242. The summed E-state index contributed by atoms with van der Waals surface area (Å²) in [6.07, 6.45) is 5.40. The van der Waals surface area contributed by atoms with Gasteiger partial charge in [0.2, 0.25) is 0 Å². The van der Waals surface area contributed by atoms with Crippen molar-refractivity contribution in [2.75, 3.05) is 11.4 Å². The molecule has 0 fully saturated rings. The molecule has 1 aliphatic heterocycles. The number of rotatable bonds is 2. The Labute approximate surface area is 128 Å². The molecule has 1 N–H and O–H groups in total. The van der Waals surface area contributed by atoms with Crippen molar-refractivity contribution < 1.29 is 5.11 Å². The van der Waals surface area contributed by atoms with Crippen LogP contribution in [0.2, 0.25) is 5.02 Å². The van der Waals surface area contributed by atoms with Crippen molar-refractivity contribution in [2.45, 2.75) is 6.92 Å². The second-order valence-electron chi connectivity index (χ2n) is 4.91. The zero-order chi connectivity index (χ0) is 14.8. The predicted molar refractivity (Wildman–Crippen MR) is 86.5 cm³/mol. The van der Waals surface area contributed by atoms with Gasteiger partial charge in [0.15, 0.2) is 0 Å². The molecule has 3 rings (SSSR count). The molecular formula is C17H15ClN2O. The fraction of sp³-hybridized carbons (Fsp3) is 0.118. The molecule has 21 heavy (non-hydrogen) atoms. The van der Waals surface area contributed by atoms with Crippen LogP contribution in [-0.4, -0.2) is 16.6 Å². The smallest absolute Gasteiger partial charge is 0.139 e. The van der Waals surface area contributed by atoms with Crippen molar-refractivity contribution in [1.82, 2.24) is 4.98 Å². The zero-order valence-corrected chi connectivity index (χ0v) is 12.4. The van der Waals surface area contributed by atoms with Crippen LogP contribution in [0.3, 0.4) is 0 Å². The molecule has 0 amide bonds. The van der Waals surface area contributed by atoms with Gasteiger partial charge in [-0.1, -0.05) is 23.7 Å². The van der Waals surface area contributed by atoms with Gasteiger partial charge in [-0.3, -0.25) is 4.98 Å². The highest BCUT2D eigenvalue weighted by Gasteiger charge is 2.20. The van der Waals surface area contributed by atoms with Crippen molar-refractivity contribution in [3.8, 4) is 0 Å². The van der Waals surface area contributed by atoms with E-state index >= 15 is 0 Å². The Kier molecular flexibility index (Phi) is 3.67. The van der Waals surface area contributed by atoms with E-state index in [0.29, 0.717) is 11.6 Å². The van der Waals surface area contributed by atoms with E-state index in [-0.39, 0.29) is 5.76 Å². The van der Waals surface area contributed by atoms with Gasteiger partial charge in [0, 0.05) is 34.7 Å². The third-order valence-electron chi connectivity index (χ3n) is 3.37. The maximum atomic E-state index is 10.3. The van der Waals surface area contributed by atoms with Crippen LogP contribution in [0.1, 0.15) is 11.3 Å². The Morgan fingerprint density at radius 3 is 2.86 bits per heavy atom. The number of aromatic nitrogens is 1. The van der Waals surface area contributed by atoms with Crippen LogP contribution in [0, 0.1) is 6.92 Å². The molecule has 1 aliphatic rings. The van der Waals surface area contributed by atoms with E-state index in [1.807, 2.05) is 54.3 Å². The van der Waals surface area contributed by atoms with Gasteiger partial charge < -0.3 is 10.0 Å². The average Bonchev–Trinajstić information content (AvgIpc) is 2.47. The molecule has 0 spiro atoms. The topological polar surface area (TPSA) is 36.4 Å². The van der Waals surface area contributed by atoms with Crippen molar-refractivity contribution in [2.24, 2.45) is 0 Å². The molecule has 0 saturated carbocycles. The predicted octanol–water partition coefficient (Wildman–Crippen LogP) is 4.35. The molecule has 0 saturated heterocycles. The number of allylic oxidation sites excluding steroid dienone is 1. The van der Waals surface area contributed by atoms with Gasteiger partial charge >= 0.3 is 0 Å². The molecule has 3 nitrogen and oxygen atoms in total. The molecule has 0 bridgehead atoms. The second kappa shape index (κ2) is 5.62. The number of nitrogens with zero attached hydrogens (tertiary/aromatic N) is 2. The first kappa shape index (κ1) is 13.7. The van der Waals surface area contributed by atoms with E-state index in [1.54, 1.807) is 12.3 Å². The van der Waals surface area contributed by atoms with Crippen LogP contribution in [0.15, 0.2) is 60.5 Å². The molecular weight excluding hydrogens is 284 g/mol. The molecule has 106 valence electrons. The molecule has 2 aromatic rings. The van der Waals surface area contributed by atoms with Gasteiger partial charge in [-0.25, -0.2) is 0 Å². The van der Waals surface area contributed by atoms with Crippen LogP contribution in [0.5, 0.6) is 0 Å². The number of aliphatic hydroxyl groups is 1. The highest BCUT2D eigenvalue weighted by Crippen LogP contribution is 2.32. The highest BCUT2D eigenvalue weighted by atomic mass is 35.5. The lowest BCUT2D eigenvalue weighted by Gasteiger charge is -2.29. The van der Waals surface area contributed by atoms with E-state index in [9.17, 15) is 5.11 Å². The summed E-state index contributed by atoms with van der Waals surface area (Å²) in [5.74, 6) is 0.242. The zero-order valence-electron chi connectivity index (χ0n) is 11.6. The summed E-state index contributed by atoms with van der Waals surface area (Å²) >= 11 is 6.09. The molecule has 0 unspecified atom stereocenters. The lowest BCUT2D eigenvalue weighted by molar-refractivity contribution is 0.431. The van der Waals surface area contributed by atoms with Crippen molar-refractivity contribution >= 4 is 23.0 Å². The Morgan fingerprint density at radius 2 is 2.10 bits per heavy atom. The minimum absolute atomic E-state index is 0.242. The number of pyridine rings is 1. The van der Waals surface area contributed by atoms with Crippen molar-refractivity contribution in [3.05, 3.63) is 76.8 Å². The molecule has 1 aromatic heterocycles. The number of aryl methyl sites for hydroxylation is 1. The molecule has 0 atom stereocenters. The molecule has 2 heterocycles. The Hall–Kier alpha value is -2.26. The van der Waals surface area contributed by atoms with Gasteiger partial charge in [-0.15, -0.1) is 0 Å². The van der Waals surface area contributed by atoms with E-state index < -0.39 is 0 Å². The van der Waals surface area contributed by atoms with Crippen molar-refractivity contribution in [1.29, 1.82) is 0 Å². The van der Waals surface area contributed by atoms with Gasteiger partial charge in [0.05, 0.1) is 5.70 Å². The Balaban J connectivity index is 2.11. The van der Waals surface area contributed by atoms with Gasteiger partial charge in [0.25, 0.3) is 0 Å². The van der Waals surface area contributed by atoms with Crippen molar-refractivity contribution in [3.63, 3.8) is 0 Å². The number of benzene rings is 1. The molecule has 4 heteroatoms. The third kappa shape index (κ3) is 2.78. The quantitative estimate of drug-likeness (QED) is 0.895. The van der Waals surface area contributed by atoms with E-state index in [1.165, 1.54) is 0 Å². The SMILES string of the molecule is Cc1cc(C2=C(O)C=CCN2c2cccc(Cl)c2)ccn1. The monoisotopic (exact) mass is 298 g/mol. The van der Waals surface area contributed by atoms with Crippen LogP contribution in [0.25, 0.3) is 5.70 Å². The Morgan fingerprint density at radius 1 is 1.24 bits per heavy atom. The van der Waals surface area contributed by atoms with Crippen LogP contribution < -0.4 is 4.90 Å². The third-order valence-corrected chi connectivity index (χ3v) is 3.60. The fourth-order valence-electron chi connectivity index (χ4n) is 2.45. The van der Waals surface area contributed by atoms with E-state index in [0.717, 1.165) is 22.6 Å². The number of halogens is 1. The van der Waals surface area contributed by atoms with E-state index in [2.05, 4.69) is 4.98 Å². The summed E-state index contributed by atoms with van der Waals surface area (Å²) in [7, 11) is 0. The summed E-state index contributed by atoms with van der Waals surface area (Å²) in [6.45, 7) is 2.62. The summed E-state index contributed by atoms with van der Waals surface area (Å²) in [5, 5.41) is 11.0. The summed E-state index contributed by atoms with van der Waals surface area (Å²) in [6, 6.07) is 11.5. The summed E-state index contributed by atoms with van der Waals surface area (Å²) in [4.78, 5) is 6.25. The standard InChI is InChI=1S/C17H15ClN2O/c1-12-10-13(7-8-19-12)17-16(21)6-3-9-20(17)15-5-2-4-14(18)11-15/h2-8,10-11,21H,9H2,1H3. The lowest BCUT2D eigenvalue weighted by Crippen LogP contribution is -2.25. The van der Waals surface area contributed by atoms with Crippen LogP contribution >= 0.6 is 11.6 Å². The molecule has 1 aromatic carbocycles. The first-order valence-corrected chi connectivity index (χ1v) is 7.09. The average molecular weight is 299 g/mol. The number of aliphatic hydroxyl groups excluding tert-OH is 1. The highest BCUT2D eigenvalue weighted by molar-refractivity contribution is 6.30. The largest absolute Gasteiger partial charge is 0.506 e. The van der Waals surface area contributed by atoms with Gasteiger partial charge in [0.1, 0.15) is 5.76 Å². The normalized spacial score (nSPS) is 14.7. The van der Waals surface area contributed by atoms with Crippen LogP contribution in [-0.2, 0) is 0 Å². The summed E-state index contributed by atoms with van der Waals surface area (Å²) < 4.78 is 0. The fourth-order valence-corrected chi connectivity index (χ4v) is 2.64. The molecule has 0 aliphatic carbocycles. The number of hydrogen-bond acceptors (Lipinski definition) is 3. The first-order chi connectivity index (χ1) is 10.1.